The molecule has 1 amide bonds. The Kier molecular flexibility index (Phi) is 7.81. The van der Waals surface area contributed by atoms with Crippen LogP contribution >= 0.6 is 0 Å². The number of carboxylic acids is 1. The number of primary amides is 1. The quantitative estimate of drug-likeness (QED) is 0.524. The van der Waals surface area contributed by atoms with E-state index in [-0.39, 0.29) is 11.8 Å². The van der Waals surface area contributed by atoms with Crippen molar-refractivity contribution in [3.63, 3.8) is 0 Å². The van der Waals surface area contributed by atoms with Crippen LogP contribution in [0.3, 0.4) is 0 Å². The summed E-state index contributed by atoms with van der Waals surface area (Å²) in [6.45, 7) is 5.58. The summed E-state index contributed by atoms with van der Waals surface area (Å²) in [5, 5.41) is 8.46. The Balaban J connectivity index is 0.000000242. The van der Waals surface area contributed by atoms with E-state index in [0.29, 0.717) is 6.61 Å². The van der Waals surface area contributed by atoms with Gasteiger partial charge < -0.3 is 15.6 Å². The number of unbranched alkanes of at least 4 members (excludes halogenated alkanes) is 1. The number of benzene rings is 2. The van der Waals surface area contributed by atoms with Gasteiger partial charge in [0.2, 0.25) is 0 Å². The number of amides is 1. The molecule has 28 heavy (non-hydrogen) atoms. The lowest BCUT2D eigenvalue weighted by atomic mass is 9.98. The highest BCUT2D eigenvalue weighted by atomic mass is 16.5. The molecule has 3 N–H and O–H groups in total. The van der Waals surface area contributed by atoms with Crippen LogP contribution < -0.4 is 5.73 Å². The molecule has 1 unspecified atom stereocenters. The number of hydrogen-bond donors (Lipinski definition) is 2. The van der Waals surface area contributed by atoms with Gasteiger partial charge in [0.05, 0.1) is 5.92 Å². The number of nitrogens with two attached hydrogens (primary N) is 1. The van der Waals surface area contributed by atoms with Gasteiger partial charge in [0.1, 0.15) is 6.61 Å². The molecule has 0 fully saturated rings. The zero-order valence-electron chi connectivity index (χ0n) is 16.1. The summed E-state index contributed by atoms with van der Waals surface area (Å²) in [7, 11) is 0. The van der Waals surface area contributed by atoms with E-state index >= 15 is 0 Å². The van der Waals surface area contributed by atoms with Gasteiger partial charge in [-0.05, 0) is 41.5 Å². The lowest BCUT2D eigenvalue weighted by Crippen LogP contribution is -2.17. The van der Waals surface area contributed by atoms with Crippen LogP contribution in [0.5, 0.6) is 0 Å². The van der Waals surface area contributed by atoms with Crippen molar-refractivity contribution < 1.29 is 19.4 Å². The normalized spacial score (nSPS) is 12.8. The molecule has 0 saturated carbocycles. The summed E-state index contributed by atoms with van der Waals surface area (Å²) in [6, 6.07) is 16.4. The Morgan fingerprint density at radius 2 is 1.68 bits per heavy atom. The first-order chi connectivity index (χ1) is 13.5. The molecule has 148 valence electrons. The van der Waals surface area contributed by atoms with Crippen molar-refractivity contribution in [2.75, 3.05) is 6.61 Å². The molecular formula is C23H27NO4. The van der Waals surface area contributed by atoms with Gasteiger partial charge in [-0.1, -0.05) is 61.5 Å². The largest absolute Gasteiger partial charge is 0.481 e. The number of carbonyl (C=O) groups excluding carboxylic acids is 1. The van der Waals surface area contributed by atoms with Crippen LogP contribution in [0.15, 0.2) is 61.2 Å². The SMILES string of the molecule is C=CCCCC(C)C(=O)O.NC(=O)OCC1c2ccccc2-c2ccccc21. The molecule has 1 aliphatic carbocycles. The van der Waals surface area contributed by atoms with E-state index in [9.17, 15) is 9.59 Å². The average Bonchev–Trinajstić information content (AvgIpc) is 3.01. The molecule has 0 aromatic heterocycles. The standard InChI is InChI=1S/C15H13NO2.C8H14O2/c16-15(17)18-9-14-12-7-3-1-5-10(12)11-6-2-4-8-13(11)14;1-3-4-5-6-7(2)8(9)10/h1-8,14H,9H2,(H2,16,17);3,7H,1,4-6H2,2H3,(H,9,10). The third-order valence-corrected chi connectivity index (χ3v) is 4.82. The minimum Gasteiger partial charge on any atom is -0.481 e. The second-order valence-corrected chi connectivity index (χ2v) is 6.82. The second kappa shape index (κ2) is 10.3. The van der Waals surface area contributed by atoms with Crippen molar-refractivity contribution in [3.05, 3.63) is 72.3 Å². The van der Waals surface area contributed by atoms with Crippen LogP contribution in [-0.4, -0.2) is 23.8 Å². The monoisotopic (exact) mass is 381 g/mol. The molecule has 0 radical (unpaired) electrons. The molecule has 0 spiro atoms. The minimum atomic E-state index is -0.725. The average molecular weight is 381 g/mol. The van der Waals surface area contributed by atoms with Crippen molar-refractivity contribution in [1.29, 1.82) is 0 Å². The Bertz CT molecular complexity index is 785. The number of carbonyl (C=O) groups is 2. The van der Waals surface area contributed by atoms with Gasteiger partial charge in [-0.25, -0.2) is 4.79 Å². The number of carboxylic acid groups (broad SMARTS) is 1. The topological polar surface area (TPSA) is 89.6 Å². The van der Waals surface area contributed by atoms with E-state index in [1.54, 1.807) is 6.92 Å². The van der Waals surface area contributed by atoms with Crippen LogP contribution in [0.25, 0.3) is 11.1 Å². The third kappa shape index (κ3) is 5.46. The first-order valence-corrected chi connectivity index (χ1v) is 9.39. The van der Waals surface area contributed by atoms with E-state index in [1.165, 1.54) is 22.3 Å². The first kappa shape index (κ1) is 21.2. The summed E-state index contributed by atoms with van der Waals surface area (Å²) >= 11 is 0. The van der Waals surface area contributed by atoms with E-state index < -0.39 is 12.1 Å². The Hall–Kier alpha value is -3.08. The maximum absolute atomic E-state index is 10.8. The van der Waals surface area contributed by atoms with Crippen molar-refractivity contribution in [3.8, 4) is 11.1 Å². The van der Waals surface area contributed by atoms with Crippen LogP contribution in [0.2, 0.25) is 0 Å². The molecule has 5 heteroatoms. The van der Waals surface area contributed by atoms with Crippen LogP contribution in [-0.2, 0) is 9.53 Å². The molecular weight excluding hydrogens is 354 g/mol. The highest BCUT2D eigenvalue weighted by molar-refractivity contribution is 5.79. The Morgan fingerprint density at radius 1 is 1.14 bits per heavy atom. The van der Waals surface area contributed by atoms with E-state index in [1.807, 2.05) is 30.3 Å². The smallest absolute Gasteiger partial charge is 0.404 e. The predicted molar refractivity (Wildman–Crippen MR) is 110 cm³/mol. The summed E-state index contributed by atoms with van der Waals surface area (Å²) in [5.74, 6) is -0.825. The highest BCUT2D eigenvalue weighted by Crippen LogP contribution is 2.44. The number of aliphatic carboxylic acids is 1. The van der Waals surface area contributed by atoms with E-state index in [4.69, 9.17) is 15.6 Å². The van der Waals surface area contributed by atoms with Crippen LogP contribution in [0.4, 0.5) is 4.79 Å². The van der Waals surface area contributed by atoms with Gasteiger partial charge in [-0.15, -0.1) is 6.58 Å². The van der Waals surface area contributed by atoms with Crippen molar-refractivity contribution in [1.82, 2.24) is 0 Å². The Morgan fingerprint density at radius 3 is 2.14 bits per heavy atom. The van der Waals surface area contributed by atoms with Crippen LogP contribution in [0.1, 0.15) is 43.2 Å². The second-order valence-electron chi connectivity index (χ2n) is 6.82. The van der Waals surface area contributed by atoms with E-state index in [2.05, 4.69) is 30.8 Å². The molecule has 3 rings (SSSR count). The summed E-state index contributed by atoms with van der Waals surface area (Å²) < 4.78 is 4.98. The number of rotatable bonds is 7. The predicted octanol–water partition coefficient (Wildman–Crippen LogP) is 4.96. The number of ether oxygens (including phenoxy) is 1. The molecule has 0 saturated heterocycles. The van der Waals surface area contributed by atoms with E-state index in [0.717, 1.165) is 19.3 Å². The molecule has 5 nitrogen and oxygen atoms in total. The number of allylic oxidation sites excluding steroid dienone is 1. The van der Waals surface area contributed by atoms with Gasteiger partial charge in [0.25, 0.3) is 0 Å². The van der Waals surface area contributed by atoms with Gasteiger partial charge in [0.15, 0.2) is 0 Å². The fourth-order valence-corrected chi connectivity index (χ4v) is 3.30. The van der Waals surface area contributed by atoms with Crippen molar-refractivity contribution >= 4 is 12.1 Å². The van der Waals surface area contributed by atoms with Gasteiger partial charge in [-0.2, -0.15) is 0 Å². The first-order valence-electron chi connectivity index (χ1n) is 9.39. The number of fused-ring (bicyclic) bond motifs is 3. The fraction of sp³-hybridized carbons (Fsp3) is 0.304. The molecule has 0 aliphatic heterocycles. The van der Waals surface area contributed by atoms with Crippen molar-refractivity contribution in [2.45, 2.75) is 32.1 Å². The minimum absolute atomic E-state index is 0.0879. The fourth-order valence-electron chi connectivity index (χ4n) is 3.30. The van der Waals surface area contributed by atoms with Crippen LogP contribution in [0, 0.1) is 5.92 Å². The lowest BCUT2D eigenvalue weighted by molar-refractivity contribution is -0.141. The molecule has 1 atom stereocenters. The van der Waals surface area contributed by atoms with Gasteiger partial charge in [-0.3, -0.25) is 4.79 Å². The van der Waals surface area contributed by atoms with Gasteiger partial charge in [0, 0.05) is 5.92 Å². The highest BCUT2D eigenvalue weighted by Gasteiger charge is 2.28. The molecule has 0 bridgehead atoms. The third-order valence-electron chi connectivity index (χ3n) is 4.82. The molecule has 2 aromatic carbocycles. The molecule has 2 aromatic rings. The Labute approximate surface area is 165 Å². The van der Waals surface area contributed by atoms with Gasteiger partial charge >= 0.3 is 12.1 Å². The molecule has 1 aliphatic rings. The number of hydrogen-bond acceptors (Lipinski definition) is 3. The maximum Gasteiger partial charge on any atom is 0.404 e. The lowest BCUT2D eigenvalue weighted by Gasteiger charge is -2.12. The summed E-state index contributed by atoms with van der Waals surface area (Å²) in [5.41, 5.74) is 9.87. The van der Waals surface area contributed by atoms with Crippen molar-refractivity contribution in [2.24, 2.45) is 11.7 Å². The zero-order chi connectivity index (χ0) is 20.5. The molecule has 0 heterocycles. The summed E-state index contributed by atoms with van der Waals surface area (Å²) in [6.07, 6.45) is 3.68. The maximum atomic E-state index is 10.8. The zero-order valence-corrected chi connectivity index (χ0v) is 16.1. The summed E-state index contributed by atoms with van der Waals surface area (Å²) in [4.78, 5) is 21.0.